The maximum absolute atomic E-state index is 10.1. The highest BCUT2D eigenvalue weighted by atomic mass is 16.5. The standard InChI is InChI=1S/C14H23NO4/c1-10(11-6-12(16)8-13(17)7-11)15-9-14(2,18)4-5-19-3/h6-8,10,15-18H,4-5,9H2,1-3H3. The summed E-state index contributed by atoms with van der Waals surface area (Å²) < 4.78 is 4.95. The van der Waals surface area contributed by atoms with Crippen LogP contribution in [0.15, 0.2) is 18.2 Å². The first-order valence-corrected chi connectivity index (χ1v) is 6.32. The van der Waals surface area contributed by atoms with Crippen LogP contribution >= 0.6 is 0 Å². The third kappa shape index (κ3) is 5.46. The van der Waals surface area contributed by atoms with E-state index in [9.17, 15) is 15.3 Å². The van der Waals surface area contributed by atoms with E-state index >= 15 is 0 Å². The van der Waals surface area contributed by atoms with Gasteiger partial charge in [-0.15, -0.1) is 0 Å². The first-order chi connectivity index (χ1) is 8.84. The molecule has 4 N–H and O–H groups in total. The molecule has 0 saturated heterocycles. The van der Waals surface area contributed by atoms with Crippen LogP contribution in [0, 0.1) is 0 Å². The molecule has 1 rings (SSSR count). The molecule has 0 radical (unpaired) electrons. The van der Waals surface area contributed by atoms with Gasteiger partial charge in [0.25, 0.3) is 0 Å². The fourth-order valence-electron chi connectivity index (χ4n) is 1.77. The highest BCUT2D eigenvalue weighted by Gasteiger charge is 2.21. The summed E-state index contributed by atoms with van der Waals surface area (Å²) in [6, 6.07) is 4.36. The molecule has 0 aliphatic heterocycles. The van der Waals surface area contributed by atoms with Gasteiger partial charge in [0.05, 0.1) is 5.60 Å². The minimum absolute atomic E-state index is 0.0230. The summed E-state index contributed by atoms with van der Waals surface area (Å²) in [5, 5.41) is 32.2. The first kappa shape index (κ1) is 15.8. The fourth-order valence-corrected chi connectivity index (χ4v) is 1.77. The Kier molecular flexibility index (Phi) is 5.60. The van der Waals surface area contributed by atoms with Crippen molar-refractivity contribution >= 4 is 0 Å². The Morgan fingerprint density at radius 1 is 1.26 bits per heavy atom. The number of phenolic OH excluding ortho intramolecular Hbond substituents is 2. The molecule has 0 aliphatic carbocycles. The molecule has 0 aromatic heterocycles. The van der Waals surface area contributed by atoms with Crippen LogP contribution in [-0.2, 0) is 4.74 Å². The van der Waals surface area contributed by atoms with Gasteiger partial charge in [0.15, 0.2) is 0 Å². The maximum Gasteiger partial charge on any atom is 0.119 e. The minimum Gasteiger partial charge on any atom is -0.508 e. The number of hydrogen-bond acceptors (Lipinski definition) is 5. The topological polar surface area (TPSA) is 82.0 Å². The van der Waals surface area contributed by atoms with Crippen LogP contribution < -0.4 is 5.32 Å². The smallest absolute Gasteiger partial charge is 0.119 e. The van der Waals surface area contributed by atoms with E-state index < -0.39 is 5.60 Å². The van der Waals surface area contributed by atoms with Crippen LogP contribution in [-0.4, -0.2) is 41.2 Å². The van der Waals surface area contributed by atoms with Gasteiger partial charge in [-0.2, -0.15) is 0 Å². The number of aromatic hydroxyl groups is 2. The fraction of sp³-hybridized carbons (Fsp3) is 0.571. The van der Waals surface area contributed by atoms with Crippen molar-refractivity contribution < 1.29 is 20.1 Å². The second-order valence-corrected chi connectivity index (χ2v) is 5.13. The van der Waals surface area contributed by atoms with E-state index in [1.807, 2.05) is 6.92 Å². The summed E-state index contributed by atoms with van der Waals surface area (Å²) in [4.78, 5) is 0. The Morgan fingerprint density at radius 2 is 1.84 bits per heavy atom. The molecule has 0 saturated carbocycles. The van der Waals surface area contributed by atoms with E-state index in [-0.39, 0.29) is 17.5 Å². The summed E-state index contributed by atoms with van der Waals surface area (Å²) >= 11 is 0. The average Bonchev–Trinajstić information content (AvgIpc) is 2.32. The molecule has 108 valence electrons. The molecule has 5 heteroatoms. The molecule has 2 atom stereocenters. The van der Waals surface area contributed by atoms with E-state index in [2.05, 4.69) is 5.32 Å². The number of aliphatic hydroxyl groups is 1. The highest BCUT2D eigenvalue weighted by molar-refractivity contribution is 5.37. The van der Waals surface area contributed by atoms with Crippen LogP contribution in [0.2, 0.25) is 0 Å². The Bertz CT molecular complexity index is 386. The molecular weight excluding hydrogens is 246 g/mol. The van der Waals surface area contributed by atoms with Gasteiger partial charge in [0.2, 0.25) is 0 Å². The second kappa shape index (κ2) is 6.75. The molecule has 2 unspecified atom stereocenters. The highest BCUT2D eigenvalue weighted by Crippen LogP contribution is 2.25. The van der Waals surface area contributed by atoms with Crippen LogP contribution in [0.4, 0.5) is 0 Å². The van der Waals surface area contributed by atoms with Gasteiger partial charge in [-0.3, -0.25) is 0 Å². The summed E-state index contributed by atoms with van der Waals surface area (Å²) in [6.07, 6.45) is 0.536. The molecular formula is C14H23NO4. The van der Waals surface area contributed by atoms with E-state index in [1.54, 1.807) is 26.2 Å². The average molecular weight is 269 g/mol. The van der Waals surface area contributed by atoms with Gasteiger partial charge in [0.1, 0.15) is 11.5 Å². The summed E-state index contributed by atoms with van der Waals surface area (Å²) in [5.41, 5.74) is -0.0941. The van der Waals surface area contributed by atoms with Crippen molar-refractivity contribution in [2.75, 3.05) is 20.3 Å². The van der Waals surface area contributed by atoms with Gasteiger partial charge in [-0.1, -0.05) is 0 Å². The van der Waals surface area contributed by atoms with Crippen LogP contribution in [0.25, 0.3) is 0 Å². The van der Waals surface area contributed by atoms with Crippen molar-refractivity contribution in [2.24, 2.45) is 0 Å². The van der Waals surface area contributed by atoms with Gasteiger partial charge < -0.3 is 25.4 Å². The quantitative estimate of drug-likeness (QED) is 0.603. The molecule has 1 aromatic rings. The van der Waals surface area contributed by atoms with E-state index in [0.29, 0.717) is 19.6 Å². The maximum atomic E-state index is 10.1. The Morgan fingerprint density at radius 3 is 2.37 bits per heavy atom. The van der Waals surface area contributed by atoms with Crippen molar-refractivity contribution in [3.05, 3.63) is 23.8 Å². The van der Waals surface area contributed by atoms with Crippen molar-refractivity contribution in [3.8, 4) is 11.5 Å². The number of hydrogen-bond donors (Lipinski definition) is 4. The Hall–Kier alpha value is -1.30. The van der Waals surface area contributed by atoms with Gasteiger partial charge >= 0.3 is 0 Å². The Balaban J connectivity index is 2.57. The third-order valence-corrected chi connectivity index (χ3v) is 3.06. The third-order valence-electron chi connectivity index (χ3n) is 3.06. The van der Waals surface area contributed by atoms with Gasteiger partial charge in [0, 0.05) is 38.8 Å². The van der Waals surface area contributed by atoms with Crippen molar-refractivity contribution in [2.45, 2.75) is 31.9 Å². The summed E-state index contributed by atoms with van der Waals surface area (Å²) in [5.74, 6) is 0.0459. The van der Waals surface area contributed by atoms with E-state index in [1.165, 1.54) is 6.07 Å². The molecule has 0 bridgehead atoms. The zero-order valence-electron chi connectivity index (χ0n) is 11.7. The predicted molar refractivity (Wildman–Crippen MR) is 73.3 cm³/mol. The lowest BCUT2D eigenvalue weighted by Crippen LogP contribution is -2.39. The molecule has 0 fully saturated rings. The number of benzene rings is 1. The van der Waals surface area contributed by atoms with Gasteiger partial charge in [-0.25, -0.2) is 0 Å². The first-order valence-electron chi connectivity index (χ1n) is 6.32. The van der Waals surface area contributed by atoms with Crippen LogP contribution in [0.5, 0.6) is 11.5 Å². The molecule has 19 heavy (non-hydrogen) atoms. The van der Waals surface area contributed by atoms with Crippen molar-refractivity contribution in [1.29, 1.82) is 0 Å². The number of phenols is 2. The molecule has 0 spiro atoms. The second-order valence-electron chi connectivity index (χ2n) is 5.13. The number of rotatable bonds is 7. The predicted octanol–water partition coefficient (Wildman–Crippen LogP) is 1.54. The lowest BCUT2D eigenvalue weighted by atomic mass is 10.0. The molecule has 0 amide bonds. The molecule has 0 heterocycles. The van der Waals surface area contributed by atoms with Gasteiger partial charge in [-0.05, 0) is 31.5 Å². The van der Waals surface area contributed by atoms with Crippen LogP contribution in [0.1, 0.15) is 31.9 Å². The van der Waals surface area contributed by atoms with Crippen LogP contribution in [0.3, 0.4) is 0 Å². The zero-order valence-corrected chi connectivity index (χ0v) is 11.7. The number of methoxy groups -OCH3 is 1. The lowest BCUT2D eigenvalue weighted by molar-refractivity contribution is 0.0231. The molecule has 5 nitrogen and oxygen atoms in total. The number of nitrogens with one attached hydrogen (secondary N) is 1. The largest absolute Gasteiger partial charge is 0.508 e. The Labute approximate surface area is 113 Å². The normalized spacial score (nSPS) is 16.0. The zero-order chi connectivity index (χ0) is 14.5. The summed E-state index contributed by atoms with van der Waals surface area (Å²) in [6.45, 7) is 4.54. The molecule has 1 aromatic carbocycles. The van der Waals surface area contributed by atoms with E-state index in [4.69, 9.17) is 4.74 Å². The van der Waals surface area contributed by atoms with E-state index in [0.717, 1.165) is 5.56 Å². The number of ether oxygens (including phenoxy) is 1. The lowest BCUT2D eigenvalue weighted by Gasteiger charge is -2.26. The van der Waals surface area contributed by atoms with Crippen molar-refractivity contribution in [1.82, 2.24) is 5.32 Å². The molecule has 0 aliphatic rings. The minimum atomic E-state index is -0.858. The monoisotopic (exact) mass is 269 g/mol. The summed E-state index contributed by atoms with van der Waals surface area (Å²) in [7, 11) is 1.60. The van der Waals surface area contributed by atoms with Crippen molar-refractivity contribution in [3.63, 3.8) is 0 Å². The SMILES string of the molecule is COCCC(C)(O)CNC(C)c1cc(O)cc(O)c1.